The Morgan fingerprint density at radius 2 is 1.96 bits per heavy atom. The summed E-state index contributed by atoms with van der Waals surface area (Å²) in [6.45, 7) is 5.21. The van der Waals surface area contributed by atoms with Crippen molar-refractivity contribution in [3.8, 4) is 6.07 Å². The predicted molar refractivity (Wildman–Crippen MR) is 97.6 cm³/mol. The van der Waals surface area contributed by atoms with E-state index in [1.165, 1.54) is 16.4 Å². The Balaban J connectivity index is 1.92. The van der Waals surface area contributed by atoms with Gasteiger partial charge in [-0.05, 0) is 36.8 Å². The van der Waals surface area contributed by atoms with Gasteiger partial charge in [0.1, 0.15) is 6.07 Å². The monoisotopic (exact) mass is 375 g/mol. The van der Waals surface area contributed by atoms with E-state index < -0.39 is 10.0 Å². The van der Waals surface area contributed by atoms with Crippen molar-refractivity contribution in [2.75, 3.05) is 19.6 Å². The molecular formula is C19H25N3O3S. The third-order valence-electron chi connectivity index (χ3n) is 5.23. The Labute approximate surface area is 155 Å². The number of carbonyl (C=O) groups is 1. The van der Waals surface area contributed by atoms with E-state index in [0.29, 0.717) is 5.92 Å². The highest BCUT2D eigenvalue weighted by Crippen LogP contribution is 2.33. The van der Waals surface area contributed by atoms with Crippen LogP contribution < -0.4 is 0 Å². The summed E-state index contributed by atoms with van der Waals surface area (Å²) in [4.78, 5) is 14.6. The van der Waals surface area contributed by atoms with Gasteiger partial charge >= 0.3 is 0 Å². The van der Waals surface area contributed by atoms with Crippen LogP contribution in [0.5, 0.6) is 0 Å². The van der Waals surface area contributed by atoms with E-state index in [1.807, 2.05) is 24.8 Å². The first kappa shape index (κ1) is 18.9. The van der Waals surface area contributed by atoms with Gasteiger partial charge < -0.3 is 4.90 Å². The predicted octanol–water partition coefficient (Wildman–Crippen LogP) is 2.22. The Morgan fingerprint density at radius 1 is 1.27 bits per heavy atom. The molecule has 2 aliphatic rings. The first-order chi connectivity index (χ1) is 12.3. The quantitative estimate of drug-likeness (QED) is 0.790. The molecule has 1 saturated heterocycles. The average molecular weight is 375 g/mol. The molecule has 1 heterocycles. The van der Waals surface area contributed by atoms with Gasteiger partial charge in [0.2, 0.25) is 15.9 Å². The van der Waals surface area contributed by atoms with Crippen LogP contribution in [0.1, 0.15) is 38.7 Å². The average Bonchev–Trinajstić information content (AvgIpc) is 3.44. The molecule has 3 rings (SSSR count). The van der Waals surface area contributed by atoms with E-state index in [-0.39, 0.29) is 47.8 Å². The van der Waals surface area contributed by atoms with Crippen LogP contribution in [0.25, 0.3) is 0 Å². The summed E-state index contributed by atoms with van der Waals surface area (Å²) in [7, 11) is -3.82. The minimum absolute atomic E-state index is 0.0214. The molecule has 7 heteroatoms. The van der Waals surface area contributed by atoms with Gasteiger partial charge in [0.15, 0.2) is 0 Å². The third-order valence-corrected chi connectivity index (χ3v) is 7.16. The molecular weight excluding hydrogens is 350 g/mol. The van der Waals surface area contributed by atoms with E-state index in [9.17, 15) is 18.5 Å². The molecule has 0 bridgehead atoms. The van der Waals surface area contributed by atoms with Crippen LogP contribution in [-0.4, -0.2) is 49.2 Å². The number of amides is 1. The van der Waals surface area contributed by atoms with Gasteiger partial charge in [-0.2, -0.15) is 9.57 Å². The Kier molecular flexibility index (Phi) is 5.35. The molecule has 1 aromatic carbocycles. The molecule has 6 nitrogen and oxygen atoms in total. The number of rotatable bonds is 5. The molecule has 0 N–H and O–H groups in total. The molecule has 1 saturated carbocycles. The summed E-state index contributed by atoms with van der Waals surface area (Å²) in [5.41, 5.74) is 0.138. The molecule has 1 aliphatic carbocycles. The molecule has 26 heavy (non-hydrogen) atoms. The molecule has 2 fully saturated rings. The van der Waals surface area contributed by atoms with Crippen LogP contribution in [0.3, 0.4) is 0 Å². The van der Waals surface area contributed by atoms with Gasteiger partial charge in [0.25, 0.3) is 0 Å². The smallest absolute Gasteiger partial charge is 0.244 e. The van der Waals surface area contributed by atoms with Crippen LogP contribution in [-0.2, 0) is 14.8 Å². The highest BCUT2D eigenvalue weighted by molar-refractivity contribution is 7.89. The number of carbonyl (C=O) groups excluding carboxylic acids is 1. The van der Waals surface area contributed by atoms with Gasteiger partial charge in [-0.1, -0.05) is 26.0 Å². The van der Waals surface area contributed by atoms with Crippen molar-refractivity contribution in [1.29, 1.82) is 5.26 Å². The third kappa shape index (κ3) is 3.76. The maximum absolute atomic E-state index is 13.2. The van der Waals surface area contributed by atoms with Crippen molar-refractivity contribution >= 4 is 15.9 Å². The lowest BCUT2D eigenvalue weighted by molar-refractivity contribution is -0.133. The number of hydrogen-bond donors (Lipinski definition) is 0. The summed E-state index contributed by atoms with van der Waals surface area (Å²) in [6.07, 6.45) is 2.47. The van der Waals surface area contributed by atoms with Gasteiger partial charge in [-0.15, -0.1) is 0 Å². The van der Waals surface area contributed by atoms with Gasteiger partial charge in [0, 0.05) is 32.1 Å². The van der Waals surface area contributed by atoms with Gasteiger partial charge in [0.05, 0.1) is 10.5 Å². The summed E-state index contributed by atoms with van der Waals surface area (Å²) in [5, 5.41) is 9.27. The largest absolute Gasteiger partial charge is 0.338 e. The summed E-state index contributed by atoms with van der Waals surface area (Å²) >= 11 is 0. The van der Waals surface area contributed by atoms with E-state index >= 15 is 0 Å². The summed E-state index contributed by atoms with van der Waals surface area (Å²) in [5.74, 6) is 0.740. The van der Waals surface area contributed by atoms with E-state index in [0.717, 1.165) is 19.4 Å². The lowest BCUT2D eigenvalue weighted by Gasteiger charge is -2.34. The van der Waals surface area contributed by atoms with E-state index in [2.05, 4.69) is 0 Å². The van der Waals surface area contributed by atoms with Crippen molar-refractivity contribution in [2.45, 2.75) is 44.0 Å². The molecule has 1 aliphatic heterocycles. The number of nitriles is 1. The molecule has 0 radical (unpaired) electrons. The molecule has 140 valence electrons. The van der Waals surface area contributed by atoms with Gasteiger partial charge in [-0.25, -0.2) is 8.42 Å². The topological polar surface area (TPSA) is 81.5 Å². The number of hydrogen-bond acceptors (Lipinski definition) is 4. The minimum atomic E-state index is -3.82. The Morgan fingerprint density at radius 3 is 2.58 bits per heavy atom. The first-order valence-electron chi connectivity index (χ1n) is 9.13. The van der Waals surface area contributed by atoms with E-state index in [1.54, 1.807) is 12.1 Å². The van der Waals surface area contributed by atoms with Crippen molar-refractivity contribution in [1.82, 2.24) is 9.21 Å². The molecule has 1 atom stereocenters. The van der Waals surface area contributed by atoms with Crippen LogP contribution >= 0.6 is 0 Å². The van der Waals surface area contributed by atoms with Crippen molar-refractivity contribution in [2.24, 2.45) is 11.8 Å². The second kappa shape index (κ2) is 7.37. The molecule has 1 aromatic rings. The Bertz CT molecular complexity index is 825. The number of nitrogens with zero attached hydrogens (tertiary/aromatic N) is 3. The van der Waals surface area contributed by atoms with Crippen LogP contribution in [0.2, 0.25) is 0 Å². The van der Waals surface area contributed by atoms with Crippen LogP contribution in [0.15, 0.2) is 29.2 Å². The van der Waals surface area contributed by atoms with Gasteiger partial charge in [-0.3, -0.25) is 4.79 Å². The van der Waals surface area contributed by atoms with Crippen molar-refractivity contribution < 1.29 is 13.2 Å². The zero-order valence-corrected chi connectivity index (χ0v) is 16.1. The normalized spacial score (nSPS) is 22.3. The molecule has 0 spiro atoms. The SMILES string of the molecule is CC(C)[C@@H]1CN(S(=O)(=O)c2ccccc2C#N)CCC(=O)N1CC1CC1. The minimum Gasteiger partial charge on any atom is -0.338 e. The van der Waals surface area contributed by atoms with E-state index in [4.69, 9.17) is 0 Å². The fourth-order valence-electron chi connectivity index (χ4n) is 3.48. The van der Waals surface area contributed by atoms with Crippen molar-refractivity contribution in [3.05, 3.63) is 29.8 Å². The van der Waals surface area contributed by atoms with Crippen molar-refractivity contribution in [3.63, 3.8) is 0 Å². The van der Waals surface area contributed by atoms with Crippen LogP contribution in [0.4, 0.5) is 0 Å². The molecule has 0 unspecified atom stereocenters. The number of sulfonamides is 1. The second-order valence-corrected chi connectivity index (χ2v) is 9.43. The fraction of sp³-hybridized carbons (Fsp3) is 0.579. The maximum atomic E-state index is 13.2. The highest BCUT2D eigenvalue weighted by atomic mass is 32.2. The zero-order valence-electron chi connectivity index (χ0n) is 15.3. The zero-order chi connectivity index (χ0) is 18.9. The maximum Gasteiger partial charge on any atom is 0.244 e. The lowest BCUT2D eigenvalue weighted by Crippen LogP contribution is -2.48. The standard InChI is InChI=1S/C19H25N3O3S/c1-14(2)17-13-21(10-9-19(23)22(17)12-15-7-8-15)26(24,25)18-6-4-3-5-16(18)11-20/h3-6,14-15,17H,7-10,12-13H2,1-2H3/t17-/m0/s1. The Hall–Kier alpha value is -1.91. The highest BCUT2D eigenvalue weighted by Gasteiger charge is 2.39. The first-order valence-corrected chi connectivity index (χ1v) is 10.6. The molecule has 0 aromatic heterocycles. The number of benzene rings is 1. The van der Waals surface area contributed by atoms with Crippen LogP contribution in [0, 0.1) is 23.2 Å². The second-order valence-electron chi connectivity index (χ2n) is 7.52. The summed E-state index contributed by atoms with van der Waals surface area (Å²) < 4.78 is 27.7. The fourth-order valence-corrected chi connectivity index (χ4v) is 5.08. The molecule has 1 amide bonds. The summed E-state index contributed by atoms with van der Waals surface area (Å²) in [6, 6.07) is 8.06. The lowest BCUT2D eigenvalue weighted by atomic mass is 10.0.